The number of carboxylic acid groups (broad SMARTS) is 1. The molecule has 3 N–H and O–H groups in total. The first kappa shape index (κ1) is 13.1. The number of rotatable bonds is 1. The summed E-state index contributed by atoms with van der Waals surface area (Å²) in [6, 6.07) is 7.36. The fourth-order valence-electron chi connectivity index (χ4n) is 2.11. The molecule has 0 spiro atoms. The van der Waals surface area contributed by atoms with E-state index in [1.807, 2.05) is 45.0 Å². The van der Waals surface area contributed by atoms with Gasteiger partial charge in [-0.3, -0.25) is 9.88 Å². The number of nitrogen functional groups attached to an aromatic ring is 1. The molecular formula is C14H17N3O2. The van der Waals surface area contributed by atoms with Gasteiger partial charge in [0.15, 0.2) is 0 Å². The van der Waals surface area contributed by atoms with Crippen LogP contribution in [0.15, 0.2) is 30.5 Å². The summed E-state index contributed by atoms with van der Waals surface area (Å²) in [6.45, 7) is 5.49. The average Bonchev–Trinajstić information content (AvgIpc) is 2.30. The Kier molecular flexibility index (Phi) is 3.06. The molecule has 0 saturated heterocycles. The number of amides is 1. The largest absolute Gasteiger partial charge is 0.465 e. The maximum absolute atomic E-state index is 11.6. The molecule has 0 atom stereocenters. The number of carbonyl (C=O) groups is 1. The number of nitrogens with zero attached hydrogens (tertiary/aromatic N) is 2. The minimum absolute atomic E-state index is 0.357. The van der Waals surface area contributed by atoms with Crippen LogP contribution in [-0.4, -0.2) is 21.7 Å². The first-order valence-corrected chi connectivity index (χ1v) is 5.99. The van der Waals surface area contributed by atoms with Crippen LogP contribution >= 0.6 is 0 Å². The fraction of sp³-hybridized carbons (Fsp3) is 0.286. The molecule has 5 heteroatoms. The van der Waals surface area contributed by atoms with Gasteiger partial charge in [0.1, 0.15) is 0 Å². The first-order valence-electron chi connectivity index (χ1n) is 5.99. The number of anilines is 2. The maximum atomic E-state index is 11.6. The molecular weight excluding hydrogens is 242 g/mol. The lowest BCUT2D eigenvalue weighted by atomic mass is 10.0. The van der Waals surface area contributed by atoms with Gasteiger partial charge in [0.05, 0.1) is 23.1 Å². The van der Waals surface area contributed by atoms with Crippen molar-refractivity contribution in [2.24, 2.45) is 0 Å². The molecule has 0 aliphatic rings. The van der Waals surface area contributed by atoms with Gasteiger partial charge in [-0.15, -0.1) is 0 Å². The van der Waals surface area contributed by atoms with Crippen LogP contribution in [0.5, 0.6) is 0 Å². The molecule has 2 rings (SSSR count). The van der Waals surface area contributed by atoms with Crippen molar-refractivity contribution in [2.75, 3.05) is 10.6 Å². The Morgan fingerprint density at radius 3 is 2.53 bits per heavy atom. The second kappa shape index (κ2) is 4.42. The highest BCUT2D eigenvalue weighted by molar-refractivity contribution is 6.05. The van der Waals surface area contributed by atoms with Gasteiger partial charge < -0.3 is 10.8 Å². The van der Waals surface area contributed by atoms with Gasteiger partial charge in [0, 0.05) is 10.9 Å². The summed E-state index contributed by atoms with van der Waals surface area (Å²) in [5.74, 6) is 0. The third-order valence-corrected chi connectivity index (χ3v) is 2.86. The van der Waals surface area contributed by atoms with Crippen molar-refractivity contribution in [1.82, 2.24) is 4.98 Å². The number of aromatic nitrogens is 1. The van der Waals surface area contributed by atoms with Gasteiger partial charge in [-0.2, -0.15) is 0 Å². The zero-order valence-electron chi connectivity index (χ0n) is 11.2. The highest BCUT2D eigenvalue weighted by Crippen LogP contribution is 2.35. The highest BCUT2D eigenvalue weighted by Gasteiger charge is 2.30. The SMILES string of the molecule is CC(C)(C)N(C(=O)O)c1c(N)cnc2ccccc12. The van der Waals surface area contributed by atoms with E-state index in [0.717, 1.165) is 10.9 Å². The average molecular weight is 259 g/mol. The van der Waals surface area contributed by atoms with Crippen molar-refractivity contribution < 1.29 is 9.90 Å². The van der Waals surface area contributed by atoms with Gasteiger partial charge in [0.25, 0.3) is 0 Å². The van der Waals surface area contributed by atoms with Gasteiger partial charge >= 0.3 is 6.09 Å². The van der Waals surface area contributed by atoms with E-state index in [-0.39, 0.29) is 0 Å². The lowest BCUT2D eigenvalue weighted by molar-refractivity contribution is 0.196. The van der Waals surface area contributed by atoms with Gasteiger partial charge in [-0.1, -0.05) is 18.2 Å². The summed E-state index contributed by atoms with van der Waals surface area (Å²) in [7, 11) is 0. The Balaban J connectivity index is 2.79. The summed E-state index contributed by atoms with van der Waals surface area (Å²) in [5, 5.41) is 10.2. The number of hydrogen-bond donors (Lipinski definition) is 2. The quantitative estimate of drug-likeness (QED) is 0.824. The Morgan fingerprint density at radius 2 is 1.95 bits per heavy atom. The summed E-state index contributed by atoms with van der Waals surface area (Å²) >= 11 is 0. The lowest BCUT2D eigenvalue weighted by Gasteiger charge is -2.34. The second-order valence-corrected chi connectivity index (χ2v) is 5.37. The number of benzene rings is 1. The number of fused-ring (bicyclic) bond motifs is 1. The standard InChI is InChI=1S/C14H17N3O2/c1-14(2,3)17(13(18)19)12-9-6-4-5-7-11(9)16-8-10(12)15/h4-8H,15H2,1-3H3,(H,18,19). The molecule has 1 heterocycles. The first-order chi connectivity index (χ1) is 8.82. The highest BCUT2D eigenvalue weighted by atomic mass is 16.4. The third-order valence-electron chi connectivity index (χ3n) is 2.86. The molecule has 0 aliphatic heterocycles. The van der Waals surface area contributed by atoms with E-state index in [0.29, 0.717) is 11.4 Å². The fourth-order valence-corrected chi connectivity index (χ4v) is 2.11. The van der Waals surface area contributed by atoms with Crippen molar-refractivity contribution in [2.45, 2.75) is 26.3 Å². The molecule has 19 heavy (non-hydrogen) atoms. The zero-order valence-corrected chi connectivity index (χ0v) is 11.2. The predicted octanol–water partition coefficient (Wildman–Crippen LogP) is 3.10. The number of nitrogens with two attached hydrogens (primary N) is 1. The van der Waals surface area contributed by atoms with Crippen molar-refractivity contribution in [3.05, 3.63) is 30.5 Å². The molecule has 100 valence electrons. The van der Waals surface area contributed by atoms with Crippen molar-refractivity contribution in [3.8, 4) is 0 Å². The molecule has 1 aromatic carbocycles. The van der Waals surface area contributed by atoms with Gasteiger partial charge in [-0.25, -0.2) is 4.79 Å². The Labute approximate surface area is 111 Å². The van der Waals surface area contributed by atoms with Crippen LogP contribution in [0.2, 0.25) is 0 Å². The van der Waals surface area contributed by atoms with Crippen molar-refractivity contribution in [3.63, 3.8) is 0 Å². The lowest BCUT2D eigenvalue weighted by Crippen LogP contribution is -2.45. The molecule has 0 fully saturated rings. The second-order valence-electron chi connectivity index (χ2n) is 5.37. The molecule has 0 radical (unpaired) electrons. The molecule has 5 nitrogen and oxygen atoms in total. The van der Waals surface area contributed by atoms with Crippen LogP contribution in [0.25, 0.3) is 10.9 Å². The number of hydrogen-bond acceptors (Lipinski definition) is 3. The van der Waals surface area contributed by atoms with Crippen LogP contribution in [-0.2, 0) is 0 Å². The maximum Gasteiger partial charge on any atom is 0.412 e. The minimum Gasteiger partial charge on any atom is -0.465 e. The monoisotopic (exact) mass is 259 g/mol. The molecule has 1 amide bonds. The predicted molar refractivity (Wildman–Crippen MR) is 76.4 cm³/mol. The summed E-state index contributed by atoms with van der Waals surface area (Å²) in [6.07, 6.45) is 0.467. The van der Waals surface area contributed by atoms with Crippen LogP contribution in [0.3, 0.4) is 0 Å². The molecule has 0 bridgehead atoms. The minimum atomic E-state index is -1.03. The summed E-state index contributed by atoms with van der Waals surface area (Å²) < 4.78 is 0. The van der Waals surface area contributed by atoms with E-state index in [1.165, 1.54) is 11.1 Å². The van der Waals surface area contributed by atoms with Gasteiger partial charge in [0.2, 0.25) is 0 Å². The number of para-hydroxylation sites is 1. The van der Waals surface area contributed by atoms with Crippen LogP contribution in [0, 0.1) is 0 Å². The third kappa shape index (κ3) is 2.31. The topological polar surface area (TPSA) is 79.5 Å². The Bertz CT molecular complexity index is 632. The zero-order chi connectivity index (χ0) is 14.2. The number of pyridine rings is 1. The van der Waals surface area contributed by atoms with Crippen LogP contribution in [0.1, 0.15) is 20.8 Å². The Hall–Kier alpha value is -2.30. The molecule has 0 saturated carbocycles. The van der Waals surface area contributed by atoms with E-state index < -0.39 is 11.6 Å². The van der Waals surface area contributed by atoms with E-state index in [2.05, 4.69) is 4.98 Å². The van der Waals surface area contributed by atoms with Gasteiger partial charge in [-0.05, 0) is 26.8 Å². The van der Waals surface area contributed by atoms with E-state index in [1.54, 1.807) is 0 Å². The molecule has 0 unspecified atom stereocenters. The van der Waals surface area contributed by atoms with E-state index >= 15 is 0 Å². The van der Waals surface area contributed by atoms with Crippen LogP contribution in [0.4, 0.5) is 16.2 Å². The molecule has 2 aromatic rings. The smallest absolute Gasteiger partial charge is 0.412 e. The normalized spacial score (nSPS) is 11.5. The summed E-state index contributed by atoms with van der Waals surface area (Å²) in [5.41, 5.74) is 6.93. The molecule has 1 aromatic heterocycles. The van der Waals surface area contributed by atoms with Crippen molar-refractivity contribution >= 4 is 28.4 Å². The van der Waals surface area contributed by atoms with E-state index in [9.17, 15) is 9.90 Å². The Morgan fingerprint density at radius 1 is 1.32 bits per heavy atom. The van der Waals surface area contributed by atoms with Crippen molar-refractivity contribution in [1.29, 1.82) is 0 Å². The van der Waals surface area contributed by atoms with E-state index in [4.69, 9.17) is 5.73 Å². The van der Waals surface area contributed by atoms with Crippen LogP contribution < -0.4 is 10.6 Å². The molecule has 0 aliphatic carbocycles. The summed E-state index contributed by atoms with van der Waals surface area (Å²) in [4.78, 5) is 17.1.